The summed E-state index contributed by atoms with van der Waals surface area (Å²) in [6.07, 6.45) is 0. The molecular weight excluding hydrogens is 414 g/mol. The van der Waals surface area contributed by atoms with Crippen LogP contribution in [0.2, 0.25) is 0 Å². The Hall–Kier alpha value is -2.94. The van der Waals surface area contributed by atoms with Gasteiger partial charge in [0, 0.05) is 6.54 Å². The molecule has 0 bridgehead atoms. The van der Waals surface area contributed by atoms with Crippen LogP contribution in [0.15, 0.2) is 72.8 Å². The minimum absolute atomic E-state index is 0.0239. The fourth-order valence-corrected chi connectivity index (χ4v) is 2.99. The number of halogens is 2. The van der Waals surface area contributed by atoms with Gasteiger partial charge in [0.1, 0.15) is 23.1 Å². The van der Waals surface area contributed by atoms with E-state index in [1.165, 1.54) is 53.4 Å². The van der Waals surface area contributed by atoms with Crippen molar-refractivity contribution in [3.8, 4) is 11.5 Å². The average Bonchev–Trinajstić information content (AvgIpc) is 2.72. The molecule has 0 radical (unpaired) electrons. The molecule has 0 saturated carbocycles. The van der Waals surface area contributed by atoms with Crippen LogP contribution in [-0.4, -0.2) is 10.3 Å². The molecule has 0 atom stereocenters. The third-order valence-corrected chi connectivity index (χ3v) is 4.36. The molecule has 0 fully saturated rings. The molecule has 2 N–H and O–H groups in total. The van der Waals surface area contributed by atoms with Gasteiger partial charge < -0.3 is 15.2 Å². The summed E-state index contributed by atoms with van der Waals surface area (Å²) in [5.41, 5.74) is 7.15. The Labute approximate surface area is 177 Å². The normalized spacial score (nSPS) is 10.3. The first-order chi connectivity index (χ1) is 14.0. The molecule has 0 aromatic heterocycles. The number of benzene rings is 3. The quantitative estimate of drug-likeness (QED) is 0.591. The maximum absolute atomic E-state index is 13.1. The highest BCUT2D eigenvalue weighted by Crippen LogP contribution is 2.22. The highest BCUT2D eigenvalue weighted by Gasteiger charge is 2.21. The van der Waals surface area contributed by atoms with Gasteiger partial charge in [-0.1, -0.05) is 12.1 Å². The summed E-state index contributed by atoms with van der Waals surface area (Å²) in [6, 6.07) is 18.0. The number of hydrogen-bond acceptors (Lipinski definition) is 5. The van der Waals surface area contributed by atoms with Crippen LogP contribution in [0.3, 0.4) is 0 Å². The van der Waals surface area contributed by atoms with Gasteiger partial charge in [0.2, 0.25) is 0 Å². The molecule has 0 amide bonds. The largest absolute Gasteiger partial charge is 0.431 e. The van der Waals surface area contributed by atoms with Crippen LogP contribution in [-0.2, 0) is 6.54 Å². The molecule has 0 saturated heterocycles. The van der Waals surface area contributed by atoms with Gasteiger partial charge in [0.25, 0.3) is 10.3 Å². The van der Waals surface area contributed by atoms with Crippen molar-refractivity contribution in [2.24, 2.45) is 5.73 Å². The number of nitrogens with two attached hydrogens (primary N) is 1. The number of hydrogen-bond donors (Lipinski definition) is 1. The molecule has 0 aliphatic carbocycles. The number of nitrogens with zero attached hydrogens (tertiary/aromatic N) is 1. The molecule has 148 valence electrons. The standard InChI is InChI=1S/C21H16F2N2O2S2/c22-15-3-9-18(10-4-15)26-20(28)25(17-7-1-14(13-24)2-8-17)21(29)27-19-11-5-16(23)6-12-19/h1-12H,13,24H2. The molecule has 4 nitrogen and oxygen atoms in total. The zero-order valence-corrected chi connectivity index (χ0v) is 16.7. The summed E-state index contributed by atoms with van der Waals surface area (Å²) in [6.45, 7) is 0.382. The van der Waals surface area contributed by atoms with Gasteiger partial charge in [0.15, 0.2) is 0 Å². The Kier molecular flexibility index (Phi) is 6.82. The van der Waals surface area contributed by atoms with Crippen LogP contribution in [0.4, 0.5) is 14.5 Å². The lowest BCUT2D eigenvalue weighted by Gasteiger charge is -2.25. The summed E-state index contributed by atoms with van der Waals surface area (Å²) in [7, 11) is 0. The van der Waals surface area contributed by atoms with Crippen molar-refractivity contribution in [2.75, 3.05) is 4.90 Å². The van der Waals surface area contributed by atoms with Gasteiger partial charge in [-0.05, 0) is 90.7 Å². The molecule has 0 aliphatic rings. The third-order valence-electron chi connectivity index (χ3n) is 3.83. The Morgan fingerprint density at radius 1 is 0.724 bits per heavy atom. The molecule has 3 rings (SSSR count). The molecule has 0 heterocycles. The topological polar surface area (TPSA) is 47.7 Å². The first kappa shape index (κ1) is 20.8. The van der Waals surface area contributed by atoms with Crippen molar-refractivity contribution in [1.29, 1.82) is 0 Å². The Morgan fingerprint density at radius 3 is 1.52 bits per heavy atom. The molecule has 0 unspecified atom stereocenters. The van der Waals surface area contributed by atoms with E-state index in [0.717, 1.165) is 5.56 Å². The van der Waals surface area contributed by atoms with Crippen LogP contribution >= 0.6 is 24.4 Å². The highest BCUT2D eigenvalue weighted by atomic mass is 32.1. The van der Waals surface area contributed by atoms with E-state index in [2.05, 4.69) is 0 Å². The zero-order valence-electron chi connectivity index (χ0n) is 15.0. The number of anilines is 1. The number of ether oxygens (including phenoxy) is 2. The fourth-order valence-electron chi connectivity index (χ4n) is 2.36. The second-order valence-electron chi connectivity index (χ2n) is 5.85. The maximum atomic E-state index is 13.1. The van der Waals surface area contributed by atoms with Crippen molar-refractivity contribution in [3.63, 3.8) is 0 Å². The van der Waals surface area contributed by atoms with Crippen LogP contribution in [0.1, 0.15) is 5.56 Å². The maximum Gasteiger partial charge on any atom is 0.277 e. The number of rotatable bonds is 4. The second kappa shape index (κ2) is 9.51. The van der Waals surface area contributed by atoms with Crippen LogP contribution in [0.25, 0.3) is 0 Å². The molecule has 3 aromatic carbocycles. The lowest BCUT2D eigenvalue weighted by Crippen LogP contribution is -2.40. The van der Waals surface area contributed by atoms with Gasteiger partial charge in [-0.25, -0.2) is 13.7 Å². The van der Waals surface area contributed by atoms with E-state index in [4.69, 9.17) is 39.6 Å². The fraction of sp³-hybridized carbons (Fsp3) is 0.0476. The molecule has 0 aliphatic heterocycles. The van der Waals surface area contributed by atoms with E-state index >= 15 is 0 Å². The van der Waals surface area contributed by atoms with E-state index < -0.39 is 11.6 Å². The van der Waals surface area contributed by atoms with Crippen molar-refractivity contribution >= 4 is 40.5 Å². The first-order valence-corrected chi connectivity index (χ1v) is 9.32. The second-order valence-corrected chi connectivity index (χ2v) is 6.55. The molecular formula is C21H16F2N2O2S2. The lowest BCUT2D eigenvalue weighted by molar-refractivity contribution is 0.527. The van der Waals surface area contributed by atoms with Gasteiger partial charge in [0.05, 0.1) is 5.69 Å². The van der Waals surface area contributed by atoms with E-state index in [9.17, 15) is 8.78 Å². The Balaban J connectivity index is 1.87. The summed E-state index contributed by atoms with van der Waals surface area (Å²) in [5, 5.41) is -0.0477. The molecule has 29 heavy (non-hydrogen) atoms. The minimum Gasteiger partial charge on any atom is -0.431 e. The highest BCUT2D eigenvalue weighted by molar-refractivity contribution is 7.82. The zero-order chi connectivity index (χ0) is 20.8. The van der Waals surface area contributed by atoms with Crippen molar-refractivity contribution in [1.82, 2.24) is 0 Å². The lowest BCUT2D eigenvalue weighted by atomic mass is 10.2. The Morgan fingerprint density at radius 2 is 1.14 bits per heavy atom. The Bertz CT molecular complexity index is 935. The van der Waals surface area contributed by atoms with Crippen molar-refractivity contribution < 1.29 is 18.3 Å². The molecule has 0 spiro atoms. The smallest absolute Gasteiger partial charge is 0.277 e. The molecule has 3 aromatic rings. The minimum atomic E-state index is -0.396. The third kappa shape index (κ3) is 5.54. The van der Waals surface area contributed by atoms with E-state index in [1.54, 1.807) is 12.1 Å². The first-order valence-electron chi connectivity index (χ1n) is 8.50. The van der Waals surface area contributed by atoms with Gasteiger partial charge in [-0.3, -0.25) is 0 Å². The average molecular weight is 431 g/mol. The van der Waals surface area contributed by atoms with Crippen molar-refractivity contribution in [3.05, 3.63) is 90.0 Å². The van der Waals surface area contributed by atoms with Crippen LogP contribution < -0.4 is 20.1 Å². The summed E-state index contributed by atoms with van der Waals surface area (Å²) >= 11 is 10.8. The number of thiocarbonyl (C=S) groups is 2. The van der Waals surface area contributed by atoms with Gasteiger partial charge in [-0.2, -0.15) is 0 Å². The predicted molar refractivity (Wildman–Crippen MR) is 116 cm³/mol. The van der Waals surface area contributed by atoms with Crippen molar-refractivity contribution in [2.45, 2.75) is 6.54 Å². The van der Waals surface area contributed by atoms with Gasteiger partial charge in [-0.15, -0.1) is 0 Å². The summed E-state index contributed by atoms with van der Waals surface area (Å²) < 4.78 is 37.6. The van der Waals surface area contributed by atoms with E-state index in [1.807, 2.05) is 12.1 Å². The summed E-state index contributed by atoms with van der Waals surface area (Å²) in [5.74, 6) is -0.116. The van der Waals surface area contributed by atoms with E-state index in [0.29, 0.717) is 23.7 Å². The predicted octanol–water partition coefficient (Wildman–Crippen LogP) is 4.96. The van der Waals surface area contributed by atoms with Crippen LogP contribution in [0.5, 0.6) is 11.5 Å². The van der Waals surface area contributed by atoms with Crippen LogP contribution in [0, 0.1) is 11.6 Å². The molecule has 8 heteroatoms. The monoisotopic (exact) mass is 430 g/mol. The summed E-state index contributed by atoms with van der Waals surface area (Å²) in [4.78, 5) is 1.40. The van der Waals surface area contributed by atoms with E-state index in [-0.39, 0.29) is 10.3 Å². The SMILES string of the molecule is NCc1ccc(N(C(=S)Oc2ccc(F)cc2)C(=S)Oc2ccc(F)cc2)cc1. The van der Waals surface area contributed by atoms with Gasteiger partial charge >= 0.3 is 0 Å².